The molecule has 2 aliphatic heterocycles. The third-order valence-corrected chi connectivity index (χ3v) is 4.70. The highest BCUT2D eigenvalue weighted by molar-refractivity contribution is 5.79. The summed E-state index contributed by atoms with van der Waals surface area (Å²) in [5.74, 6) is 0.192. The first-order valence-corrected chi connectivity index (χ1v) is 7.80. The Kier molecular flexibility index (Phi) is 3.99. The molecule has 0 saturated carbocycles. The number of nitrogens with one attached hydrogen (secondary N) is 1. The van der Waals surface area contributed by atoms with Gasteiger partial charge in [-0.25, -0.2) is 0 Å². The summed E-state index contributed by atoms with van der Waals surface area (Å²) in [6, 6.07) is 2.95. The van der Waals surface area contributed by atoms with E-state index >= 15 is 0 Å². The number of hydrogen-bond donors (Lipinski definition) is 1. The van der Waals surface area contributed by atoms with Crippen LogP contribution in [0.25, 0.3) is 0 Å². The molecule has 0 spiro atoms. The number of fused-ring (bicyclic) bond motifs is 2. The molecule has 0 amide bonds. The van der Waals surface area contributed by atoms with Crippen molar-refractivity contribution in [2.45, 2.75) is 57.7 Å². The summed E-state index contributed by atoms with van der Waals surface area (Å²) in [5.41, 5.74) is -0.376. The van der Waals surface area contributed by atoms with Crippen LogP contribution in [0, 0.1) is 6.92 Å². The van der Waals surface area contributed by atoms with E-state index in [-0.39, 0.29) is 18.0 Å². The van der Waals surface area contributed by atoms with Gasteiger partial charge < -0.3 is 9.84 Å². The van der Waals surface area contributed by atoms with Gasteiger partial charge in [-0.2, -0.15) is 0 Å². The van der Waals surface area contributed by atoms with Crippen LogP contribution >= 0.6 is 0 Å². The second-order valence-electron chi connectivity index (χ2n) is 6.20. The Morgan fingerprint density at radius 1 is 1.43 bits per heavy atom. The van der Waals surface area contributed by atoms with Crippen molar-refractivity contribution in [3.63, 3.8) is 0 Å². The third-order valence-electron chi connectivity index (χ3n) is 4.70. The first-order valence-electron chi connectivity index (χ1n) is 7.80. The molecule has 6 nitrogen and oxygen atoms in total. The van der Waals surface area contributed by atoms with Crippen LogP contribution in [0.4, 0.5) is 0 Å². The molecule has 2 bridgehead atoms. The maximum Gasteiger partial charge on any atom is 0.290 e. The van der Waals surface area contributed by atoms with Crippen molar-refractivity contribution in [3.05, 3.63) is 22.2 Å². The van der Waals surface area contributed by atoms with Crippen molar-refractivity contribution in [2.75, 3.05) is 13.1 Å². The molecule has 2 atom stereocenters. The number of aryl methyl sites for hydroxylation is 1. The van der Waals surface area contributed by atoms with Crippen LogP contribution in [0.5, 0.6) is 0 Å². The Morgan fingerprint density at radius 2 is 2.10 bits per heavy atom. The lowest BCUT2D eigenvalue weighted by atomic mass is 9.98. The molecule has 2 unspecified atom stereocenters. The minimum Gasteiger partial charge on any atom is -0.373 e. The number of carbonyl (C=O) groups excluding carboxylic acids is 1. The average Bonchev–Trinajstić information content (AvgIpc) is 2.97. The van der Waals surface area contributed by atoms with Gasteiger partial charge in [-0.05, 0) is 39.2 Å². The van der Waals surface area contributed by atoms with Crippen molar-refractivity contribution in [2.24, 2.45) is 0 Å². The highest BCUT2D eigenvalue weighted by Crippen LogP contribution is 2.29. The Balaban J connectivity index is 1.68. The fourth-order valence-electron chi connectivity index (χ4n) is 3.68. The largest absolute Gasteiger partial charge is 0.373 e. The molecule has 3 heterocycles. The summed E-state index contributed by atoms with van der Waals surface area (Å²) in [7, 11) is 0. The molecule has 3 rings (SSSR count). The Hall–Kier alpha value is -1.40. The van der Waals surface area contributed by atoms with Crippen molar-refractivity contribution < 1.29 is 9.32 Å². The molecule has 0 radical (unpaired) electrons. The van der Waals surface area contributed by atoms with Crippen molar-refractivity contribution in [3.8, 4) is 0 Å². The van der Waals surface area contributed by atoms with Gasteiger partial charge in [-0.3, -0.25) is 14.5 Å². The standard InChI is InChI=1S/C15H23N3O3/c1-3-17(13-7-11-4-5-12(8-13)16-11)9-15(20)18-14(19)6-10(2)21-18/h6,11-13,16H,3-5,7-9H2,1-2H3. The zero-order chi connectivity index (χ0) is 15.0. The molecule has 1 aromatic rings. The van der Waals surface area contributed by atoms with E-state index in [0.717, 1.165) is 24.1 Å². The molecule has 21 heavy (non-hydrogen) atoms. The number of hydrogen-bond acceptors (Lipinski definition) is 5. The van der Waals surface area contributed by atoms with E-state index < -0.39 is 0 Å². The lowest BCUT2D eigenvalue weighted by molar-refractivity contribution is 0.0646. The molecular weight excluding hydrogens is 270 g/mol. The molecule has 0 aliphatic carbocycles. The molecular formula is C15H23N3O3. The second kappa shape index (κ2) is 5.77. The summed E-state index contributed by atoms with van der Waals surface area (Å²) in [5, 5.41) is 3.61. The van der Waals surface area contributed by atoms with Gasteiger partial charge in [0.2, 0.25) is 0 Å². The third kappa shape index (κ3) is 2.96. The second-order valence-corrected chi connectivity index (χ2v) is 6.20. The smallest absolute Gasteiger partial charge is 0.290 e. The predicted octanol–water partition coefficient (Wildman–Crippen LogP) is 0.995. The quantitative estimate of drug-likeness (QED) is 0.897. The Morgan fingerprint density at radius 3 is 2.62 bits per heavy atom. The van der Waals surface area contributed by atoms with Gasteiger partial charge in [0.25, 0.3) is 11.5 Å². The minimum atomic E-state index is -0.376. The van der Waals surface area contributed by atoms with Gasteiger partial charge in [-0.15, -0.1) is 4.74 Å². The van der Waals surface area contributed by atoms with Crippen molar-refractivity contribution in [1.29, 1.82) is 0 Å². The van der Waals surface area contributed by atoms with E-state index in [1.54, 1.807) is 6.92 Å². The molecule has 6 heteroatoms. The van der Waals surface area contributed by atoms with Crippen LogP contribution in [-0.2, 0) is 0 Å². The number of piperidine rings is 1. The molecule has 2 aliphatic rings. The van der Waals surface area contributed by atoms with Crippen molar-refractivity contribution in [1.82, 2.24) is 15.0 Å². The molecule has 2 saturated heterocycles. The van der Waals surface area contributed by atoms with Gasteiger partial charge in [0.15, 0.2) is 0 Å². The van der Waals surface area contributed by atoms with Crippen molar-refractivity contribution >= 4 is 5.91 Å². The highest BCUT2D eigenvalue weighted by atomic mass is 16.5. The Bertz CT molecular complexity index is 565. The number of nitrogens with zero attached hydrogens (tertiary/aromatic N) is 2. The number of likely N-dealkylation sites (N-methyl/N-ethyl adjacent to an activating group) is 1. The number of carbonyl (C=O) groups is 1. The van der Waals surface area contributed by atoms with Crippen LogP contribution in [-0.4, -0.2) is 46.8 Å². The van der Waals surface area contributed by atoms with E-state index in [4.69, 9.17) is 4.52 Å². The summed E-state index contributed by atoms with van der Waals surface area (Å²) >= 11 is 0. The normalized spacial score (nSPS) is 28.2. The Labute approximate surface area is 124 Å². The van der Waals surface area contributed by atoms with E-state index in [1.165, 1.54) is 18.9 Å². The SMILES string of the molecule is CCN(CC(=O)n1oc(C)cc1=O)C1CC2CCC(C1)N2. The van der Waals surface area contributed by atoms with E-state index in [0.29, 0.717) is 23.9 Å². The highest BCUT2D eigenvalue weighted by Gasteiger charge is 2.36. The lowest BCUT2D eigenvalue weighted by Crippen LogP contribution is -2.50. The lowest BCUT2D eigenvalue weighted by Gasteiger charge is -2.36. The molecule has 1 N–H and O–H groups in total. The van der Waals surface area contributed by atoms with Gasteiger partial charge in [0.05, 0.1) is 6.54 Å². The number of aromatic nitrogens is 1. The zero-order valence-electron chi connectivity index (χ0n) is 12.7. The summed E-state index contributed by atoms with van der Waals surface area (Å²) < 4.78 is 6.06. The van der Waals surface area contributed by atoms with Crippen LogP contribution in [0.2, 0.25) is 0 Å². The van der Waals surface area contributed by atoms with Crippen LogP contribution < -0.4 is 10.9 Å². The summed E-state index contributed by atoms with van der Waals surface area (Å²) in [4.78, 5) is 26.1. The first-order chi connectivity index (χ1) is 10.1. The van der Waals surface area contributed by atoms with Gasteiger partial charge in [0.1, 0.15) is 5.76 Å². The number of rotatable bonds is 4. The van der Waals surface area contributed by atoms with Crippen LogP contribution in [0.1, 0.15) is 43.2 Å². The molecule has 116 valence electrons. The predicted molar refractivity (Wildman–Crippen MR) is 78.5 cm³/mol. The topological polar surface area (TPSA) is 67.5 Å². The maximum atomic E-state index is 12.3. The fraction of sp³-hybridized carbons (Fsp3) is 0.733. The first kappa shape index (κ1) is 14.5. The monoisotopic (exact) mass is 293 g/mol. The van der Waals surface area contributed by atoms with E-state index in [2.05, 4.69) is 17.1 Å². The van der Waals surface area contributed by atoms with Gasteiger partial charge in [0, 0.05) is 24.2 Å². The molecule has 0 aromatic carbocycles. The maximum absolute atomic E-state index is 12.3. The van der Waals surface area contributed by atoms with E-state index in [9.17, 15) is 9.59 Å². The summed E-state index contributed by atoms with van der Waals surface area (Å²) in [6.45, 7) is 4.79. The van der Waals surface area contributed by atoms with Crippen LogP contribution in [0.15, 0.2) is 15.4 Å². The average molecular weight is 293 g/mol. The molecule has 2 fully saturated rings. The van der Waals surface area contributed by atoms with Gasteiger partial charge in [-0.1, -0.05) is 6.92 Å². The summed E-state index contributed by atoms with van der Waals surface area (Å²) in [6.07, 6.45) is 4.65. The fourth-order valence-corrected chi connectivity index (χ4v) is 3.68. The minimum absolute atomic E-state index is 0.244. The van der Waals surface area contributed by atoms with E-state index in [1.807, 2.05) is 0 Å². The van der Waals surface area contributed by atoms with Crippen LogP contribution in [0.3, 0.4) is 0 Å². The zero-order valence-corrected chi connectivity index (χ0v) is 12.7. The molecule has 1 aromatic heterocycles. The van der Waals surface area contributed by atoms with Gasteiger partial charge >= 0.3 is 0 Å².